The van der Waals surface area contributed by atoms with Gasteiger partial charge in [-0.05, 0) is 13.8 Å². The van der Waals surface area contributed by atoms with Crippen molar-refractivity contribution in [1.82, 2.24) is 20.2 Å². The number of hydrogen-bond donors (Lipinski definition) is 1. The van der Waals surface area contributed by atoms with Crippen molar-refractivity contribution in [2.75, 3.05) is 5.75 Å². The maximum atomic E-state index is 11.3. The first-order chi connectivity index (χ1) is 7.09. The third kappa shape index (κ3) is 4.11. The van der Waals surface area contributed by atoms with Gasteiger partial charge < -0.3 is 4.57 Å². The Morgan fingerprint density at radius 3 is 2.93 bits per heavy atom. The summed E-state index contributed by atoms with van der Waals surface area (Å²) >= 11 is 1.32. The van der Waals surface area contributed by atoms with Gasteiger partial charge in [0.05, 0.1) is 5.75 Å². The van der Waals surface area contributed by atoms with E-state index in [4.69, 9.17) is 0 Å². The number of amides is 1. The highest BCUT2D eigenvalue weighted by molar-refractivity contribution is 7.99. The lowest BCUT2D eigenvalue weighted by Gasteiger charge is -1.99. The van der Waals surface area contributed by atoms with Crippen molar-refractivity contribution >= 4 is 23.4 Å². The first-order valence-electron chi connectivity index (χ1n) is 4.36. The van der Waals surface area contributed by atoms with Gasteiger partial charge >= 0.3 is 0 Å². The van der Waals surface area contributed by atoms with Crippen LogP contribution in [0, 0.1) is 0 Å². The van der Waals surface area contributed by atoms with Crippen LogP contribution < -0.4 is 5.43 Å². The van der Waals surface area contributed by atoms with Crippen LogP contribution in [0.1, 0.15) is 13.8 Å². The standard InChI is InChI=1S/C8H13N5OS/c1-6(2)10-11-7(14)4-15-8-12-9-5-13(8)3/h5H,4H2,1-3H3,(H,11,14). The van der Waals surface area contributed by atoms with Crippen molar-refractivity contribution in [3.05, 3.63) is 6.33 Å². The molecule has 0 aromatic carbocycles. The zero-order valence-electron chi connectivity index (χ0n) is 8.89. The van der Waals surface area contributed by atoms with Gasteiger partial charge in [0.1, 0.15) is 6.33 Å². The molecule has 7 heteroatoms. The second-order valence-electron chi connectivity index (χ2n) is 3.11. The third-order valence-corrected chi connectivity index (χ3v) is 2.44. The molecule has 0 radical (unpaired) electrons. The minimum atomic E-state index is -0.149. The summed E-state index contributed by atoms with van der Waals surface area (Å²) in [5, 5.41) is 12.1. The van der Waals surface area contributed by atoms with E-state index in [0.717, 1.165) is 5.71 Å². The summed E-state index contributed by atoms with van der Waals surface area (Å²) in [6.45, 7) is 3.63. The van der Waals surface area contributed by atoms with E-state index in [2.05, 4.69) is 20.7 Å². The number of carbonyl (C=O) groups excluding carboxylic acids is 1. The van der Waals surface area contributed by atoms with E-state index in [1.807, 2.05) is 20.9 Å². The number of aromatic nitrogens is 3. The Hall–Kier alpha value is -1.37. The Morgan fingerprint density at radius 1 is 1.67 bits per heavy atom. The Bertz CT molecular complexity index is 369. The highest BCUT2D eigenvalue weighted by atomic mass is 32.2. The van der Waals surface area contributed by atoms with E-state index < -0.39 is 0 Å². The summed E-state index contributed by atoms with van der Waals surface area (Å²) in [6, 6.07) is 0. The van der Waals surface area contributed by atoms with Crippen LogP contribution in [0.2, 0.25) is 0 Å². The number of nitrogens with zero attached hydrogens (tertiary/aromatic N) is 4. The van der Waals surface area contributed by atoms with Gasteiger partial charge in [0, 0.05) is 12.8 Å². The Morgan fingerprint density at radius 2 is 2.40 bits per heavy atom. The van der Waals surface area contributed by atoms with Crippen molar-refractivity contribution in [3.63, 3.8) is 0 Å². The van der Waals surface area contributed by atoms with E-state index >= 15 is 0 Å². The number of nitrogens with one attached hydrogen (secondary N) is 1. The number of aryl methyl sites for hydroxylation is 1. The van der Waals surface area contributed by atoms with Crippen LogP contribution >= 0.6 is 11.8 Å². The minimum absolute atomic E-state index is 0.149. The van der Waals surface area contributed by atoms with Crippen LogP contribution in [0.25, 0.3) is 0 Å². The zero-order valence-corrected chi connectivity index (χ0v) is 9.71. The van der Waals surface area contributed by atoms with E-state index in [1.165, 1.54) is 11.8 Å². The average molecular weight is 227 g/mol. The van der Waals surface area contributed by atoms with Crippen LogP contribution in [0.15, 0.2) is 16.6 Å². The molecular formula is C8H13N5OS. The van der Waals surface area contributed by atoms with Gasteiger partial charge in [-0.25, -0.2) is 5.43 Å². The lowest BCUT2D eigenvalue weighted by Crippen LogP contribution is -2.20. The summed E-state index contributed by atoms with van der Waals surface area (Å²) in [5.41, 5.74) is 3.25. The van der Waals surface area contributed by atoms with Gasteiger partial charge in [-0.1, -0.05) is 11.8 Å². The number of rotatable bonds is 4. The summed E-state index contributed by atoms with van der Waals surface area (Å²) < 4.78 is 1.76. The monoisotopic (exact) mass is 227 g/mol. The number of carbonyl (C=O) groups is 1. The van der Waals surface area contributed by atoms with Crippen LogP contribution in [-0.4, -0.2) is 32.1 Å². The Kier molecular flexibility index (Phi) is 4.29. The normalized spacial score (nSPS) is 9.80. The topological polar surface area (TPSA) is 72.2 Å². The van der Waals surface area contributed by atoms with Gasteiger partial charge in [-0.3, -0.25) is 4.79 Å². The maximum Gasteiger partial charge on any atom is 0.250 e. The minimum Gasteiger partial charge on any atom is -0.312 e. The molecule has 1 aromatic heterocycles. The van der Waals surface area contributed by atoms with Gasteiger partial charge in [-0.2, -0.15) is 5.10 Å². The Labute approximate surface area is 92.1 Å². The number of hydrazone groups is 1. The molecule has 0 aliphatic carbocycles. The molecule has 1 aromatic rings. The first kappa shape index (κ1) is 11.7. The van der Waals surface area contributed by atoms with Crippen LogP contribution in [-0.2, 0) is 11.8 Å². The molecule has 1 N–H and O–H groups in total. The Balaban J connectivity index is 2.35. The molecule has 6 nitrogen and oxygen atoms in total. The quantitative estimate of drug-likeness (QED) is 0.459. The van der Waals surface area contributed by atoms with Gasteiger partial charge in [-0.15, -0.1) is 10.2 Å². The first-order valence-corrected chi connectivity index (χ1v) is 5.34. The molecule has 82 valence electrons. The van der Waals surface area contributed by atoms with Crippen molar-refractivity contribution in [3.8, 4) is 0 Å². The summed E-state index contributed by atoms with van der Waals surface area (Å²) in [4.78, 5) is 11.3. The maximum absolute atomic E-state index is 11.3. The molecule has 1 heterocycles. The molecule has 0 saturated carbocycles. The second-order valence-corrected chi connectivity index (χ2v) is 4.05. The molecule has 0 atom stereocenters. The lowest BCUT2D eigenvalue weighted by molar-refractivity contribution is -0.118. The van der Waals surface area contributed by atoms with E-state index in [-0.39, 0.29) is 11.7 Å². The van der Waals surface area contributed by atoms with E-state index in [9.17, 15) is 4.79 Å². The fourth-order valence-electron chi connectivity index (χ4n) is 0.740. The molecule has 0 unspecified atom stereocenters. The SMILES string of the molecule is CC(C)=NNC(=O)CSc1nncn1C. The number of hydrogen-bond acceptors (Lipinski definition) is 5. The van der Waals surface area contributed by atoms with Crippen LogP contribution in [0.4, 0.5) is 0 Å². The molecule has 0 fully saturated rings. The molecular weight excluding hydrogens is 214 g/mol. The van der Waals surface area contributed by atoms with Crippen molar-refractivity contribution in [1.29, 1.82) is 0 Å². The fraction of sp³-hybridized carbons (Fsp3) is 0.500. The van der Waals surface area contributed by atoms with E-state index in [0.29, 0.717) is 5.16 Å². The molecule has 1 rings (SSSR count). The predicted octanol–water partition coefficient (Wildman–Crippen LogP) is 0.419. The number of thioether (sulfide) groups is 1. The van der Waals surface area contributed by atoms with Gasteiger partial charge in [0.15, 0.2) is 5.16 Å². The highest BCUT2D eigenvalue weighted by Crippen LogP contribution is 2.12. The highest BCUT2D eigenvalue weighted by Gasteiger charge is 2.05. The van der Waals surface area contributed by atoms with Crippen molar-refractivity contribution in [2.24, 2.45) is 12.1 Å². The van der Waals surface area contributed by atoms with Crippen molar-refractivity contribution in [2.45, 2.75) is 19.0 Å². The average Bonchev–Trinajstić information content (AvgIpc) is 2.58. The molecule has 0 bridgehead atoms. The summed E-state index contributed by atoms with van der Waals surface area (Å²) in [6.07, 6.45) is 1.59. The fourth-order valence-corrected chi connectivity index (χ4v) is 1.42. The zero-order chi connectivity index (χ0) is 11.3. The molecule has 1 amide bonds. The summed E-state index contributed by atoms with van der Waals surface area (Å²) in [5.74, 6) is 0.132. The molecule has 0 spiro atoms. The summed E-state index contributed by atoms with van der Waals surface area (Å²) in [7, 11) is 1.83. The van der Waals surface area contributed by atoms with Gasteiger partial charge in [0.25, 0.3) is 5.91 Å². The molecule has 0 saturated heterocycles. The molecule has 0 aliphatic rings. The van der Waals surface area contributed by atoms with Crippen molar-refractivity contribution < 1.29 is 4.79 Å². The van der Waals surface area contributed by atoms with Crippen LogP contribution in [0.3, 0.4) is 0 Å². The van der Waals surface area contributed by atoms with Crippen LogP contribution in [0.5, 0.6) is 0 Å². The molecule has 15 heavy (non-hydrogen) atoms. The third-order valence-electron chi connectivity index (χ3n) is 1.41. The molecule has 0 aliphatic heterocycles. The second kappa shape index (κ2) is 5.50. The lowest BCUT2D eigenvalue weighted by atomic mass is 10.5. The largest absolute Gasteiger partial charge is 0.312 e. The van der Waals surface area contributed by atoms with Gasteiger partial charge in [0.2, 0.25) is 0 Å². The smallest absolute Gasteiger partial charge is 0.250 e. The van der Waals surface area contributed by atoms with E-state index in [1.54, 1.807) is 10.9 Å². The predicted molar refractivity (Wildman–Crippen MR) is 58.7 cm³/mol.